The van der Waals surface area contributed by atoms with Crippen molar-refractivity contribution in [1.82, 2.24) is 10.3 Å². The second-order valence-corrected chi connectivity index (χ2v) is 7.42. The van der Waals surface area contributed by atoms with E-state index in [1.807, 2.05) is 0 Å². The zero-order valence-electron chi connectivity index (χ0n) is 14.0. The van der Waals surface area contributed by atoms with E-state index < -0.39 is 0 Å². The Morgan fingerprint density at radius 1 is 1.14 bits per heavy atom. The highest BCUT2D eigenvalue weighted by molar-refractivity contribution is 5.10. The summed E-state index contributed by atoms with van der Waals surface area (Å²) >= 11 is 0. The molecule has 1 aromatic heterocycles. The molecule has 1 heterocycles. The van der Waals surface area contributed by atoms with Crippen LogP contribution in [0.4, 0.5) is 0 Å². The Morgan fingerprint density at radius 3 is 2.48 bits per heavy atom. The molecule has 0 saturated heterocycles. The fraction of sp³-hybridized carbons (Fsp3) is 0.722. The van der Waals surface area contributed by atoms with Crippen LogP contribution in [0.2, 0.25) is 0 Å². The molecule has 1 fully saturated rings. The van der Waals surface area contributed by atoms with Gasteiger partial charge in [-0.2, -0.15) is 0 Å². The second kappa shape index (κ2) is 7.37. The van der Waals surface area contributed by atoms with Crippen molar-refractivity contribution in [2.75, 3.05) is 0 Å². The van der Waals surface area contributed by atoms with Crippen LogP contribution < -0.4 is 5.32 Å². The largest absolute Gasteiger partial charge is 0.372 e. The molecule has 1 N–H and O–H groups in total. The van der Waals surface area contributed by atoms with E-state index in [-0.39, 0.29) is 5.54 Å². The maximum absolute atomic E-state index is 6.03. The molecule has 3 heteroatoms. The van der Waals surface area contributed by atoms with Crippen LogP contribution >= 0.6 is 0 Å². The second-order valence-electron chi connectivity index (χ2n) is 7.42. The summed E-state index contributed by atoms with van der Waals surface area (Å²) in [5.41, 5.74) is 2.25. The van der Waals surface area contributed by atoms with E-state index in [0.717, 1.165) is 23.9 Å². The minimum Gasteiger partial charge on any atom is -0.372 e. The van der Waals surface area contributed by atoms with Gasteiger partial charge in [0.2, 0.25) is 0 Å². The molecule has 0 aliphatic heterocycles. The van der Waals surface area contributed by atoms with Crippen LogP contribution in [0.15, 0.2) is 18.2 Å². The van der Waals surface area contributed by atoms with Crippen LogP contribution in [-0.2, 0) is 17.9 Å². The third kappa shape index (κ3) is 6.15. The van der Waals surface area contributed by atoms with E-state index in [0.29, 0.717) is 12.7 Å². The first kappa shape index (κ1) is 16.4. The molecule has 0 spiro atoms. The average molecular weight is 290 g/mol. The molecular formula is C18H30N2O. The van der Waals surface area contributed by atoms with E-state index in [1.54, 1.807) is 0 Å². The fourth-order valence-electron chi connectivity index (χ4n) is 2.66. The zero-order chi connectivity index (χ0) is 15.3. The Bertz CT molecular complexity index is 431. The Balaban J connectivity index is 1.80. The summed E-state index contributed by atoms with van der Waals surface area (Å²) in [5, 5.41) is 3.47. The predicted molar refractivity (Wildman–Crippen MR) is 87.0 cm³/mol. The lowest BCUT2D eigenvalue weighted by molar-refractivity contribution is 0.00721. The predicted octanol–water partition coefficient (Wildman–Crippen LogP) is 4.07. The summed E-state index contributed by atoms with van der Waals surface area (Å²) in [5.74, 6) is 0.870. The van der Waals surface area contributed by atoms with Gasteiger partial charge >= 0.3 is 0 Å². The number of nitrogens with one attached hydrogen (secondary N) is 1. The van der Waals surface area contributed by atoms with Crippen LogP contribution in [0.1, 0.15) is 64.8 Å². The summed E-state index contributed by atoms with van der Waals surface area (Å²) in [4.78, 5) is 4.69. The maximum Gasteiger partial charge on any atom is 0.0891 e. The highest BCUT2D eigenvalue weighted by Crippen LogP contribution is 2.26. The van der Waals surface area contributed by atoms with Gasteiger partial charge in [-0.15, -0.1) is 0 Å². The van der Waals surface area contributed by atoms with E-state index in [4.69, 9.17) is 4.74 Å². The van der Waals surface area contributed by atoms with Gasteiger partial charge in [0.15, 0.2) is 0 Å². The highest BCUT2D eigenvalue weighted by Gasteiger charge is 2.18. The summed E-state index contributed by atoms with van der Waals surface area (Å²) < 4.78 is 6.03. The number of aromatic nitrogens is 1. The smallest absolute Gasteiger partial charge is 0.0891 e. The van der Waals surface area contributed by atoms with Gasteiger partial charge in [-0.05, 0) is 64.5 Å². The van der Waals surface area contributed by atoms with Crippen molar-refractivity contribution in [2.45, 2.75) is 78.2 Å². The first-order chi connectivity index (χ1) is 9.92. The molecule has 0 atom stereocenters. The summed E-state index contributed by atoms with van der Waals surface area (Å²) in [6.45, 7) is 10.3. The lowest BCUT2D eigenvalue weighted by atomic mass is 9.89. The maximum atomic E-state index is 6.03. The number of pyridine rings is 1. The van der Waals surface area contributed by atoms with Gasteiger partial charge in [0.25, 0.3) is 0 Å². The quantitative estimate of drug-likeness (QED) is 0.887. The van der Waals surface area contributed by atoms with Crippen molar-refractivity contribution in [3.8, 4) is 0 Å². The average Bonchev–Trinajstić information content (AvgIpc) is 2.44. The molecule has 1 aliphatic rings. The van der Waals surface area contributed by atoms with Gasteiger partial charge in [0.05, 0.1) is 24.1 Å². The molecule has 0 aromatic carbocycles. The lowest BCUT2D eigenvalue weighted by Crippen LogP contribution is -2.35. The fourth-order valence-corrected chi connectivity index (χ4v) is 2.66. The normalized spacial score (nSPS) is 23.2. The van der Waals surface area contributed by atoms with Crippen LogP contribution in [0.25, 0.3) is 0 Å². The number of nitrogens with zero attached hydrogens (tertiary/aromatic N) is 1. The van der Waals surface area contributed by atoms with Gasteiger partial charge in [-0.3, -0.25) is 4.98 Å². The van der Waals surface area contributed by atoms with Crippen molar-refractivity contribution in [1.29, 1.82) is 0 Å². The summed E-state index contributed by atoms with van der Waals surface area (Å²) in [6.07, 6.45) is 5.43. The molecule has 118 valence electrons. The molecule has 0 amide bonds. The Morgan fingerprint density at radius 2 is 1.81 bits per heavy atom. The monoisotopic (exact) mass is 290 g/mol. The SMILES string of the molecule is CC1CCC(OCc2cccc(CNC(C)(C)C)n2)CC1. The van der Waals surface area contributed by atoms with Crippen molar-refractivity contribution in [2.24, 2.45) is 5.92 Å². The topological polar surface area (TPSA) is 34.1 Å². The zero-order valence-corrected chi connectivity index (χ0v) is 14.0. The van der Waals surface area contributed by atoms with Crippen LogP contribution in [0.5, 0.6) is 0 Å². The van der Waals surface area contributed by atoms with E-state index in [1.165, 1.54) is 25.7 Å². The van der Waals surface area contributed by atoms with Crippen LogP contribution in [-0.4, -0.2) is 16.6 Å². The molecule has 0 bridgehead atoms. The summed E-state index contributed by atoms with van der Waals surface area (Å²) in [7, 11) is 0. The summed E-state index contributed by atoms with van der Waals surface area (Å²) in [6, 6.07) is 6.21. The first-order valence-corrected chi connectivity index (χ1v) is 8.24. The van der Waals surface area contributed by atoms with Crippen molar-refractivity contribution in [3.63, 3.8) is 0 Å². The molecule has 1 saturated carbocycles. The van der Waals surface area contributed by atoms with Gasteiger partial charge < -0.3 is 10.1 Å². The minimum atomic E-state index is 0.118. The standard InChI is InChI=1S/C18H30N2O/c1-14-8-10-17(11-9-14)21-13-16-7-5-6-15(20-16)12-19-18(2,3)4/h5-7,14,17,19H,8-13H2,1-4H3. The molecule has 2 rings (SSSR count). The van der Waals surface area contributed by atoms with Crippen molar-refractivity contribution in [3.05, 3.63) is 29.6 Å². The van der Waals surface area contributed by atoms with E-state index in [9.17, 15) is 0 Å². The van der Waals surface area contributed by atoms with Crippen LogP contribution in [0.3, 0.4) is 0 Å². The Kier molecular flexibility index (Phi) is 5.77. The van der Waals surface area contributed by atoms with Gasteiger partial charge in [-0.1, -0.05) is 13.0 Å². The number of hydrogen-bond acceptors (Lipinski definition) is 3. The molecule has 0 unspecified atom stereocenters. The van der Waals surface area contributed by atoms with Gasteiger partial charge in [-0.25, -0.2) is 0 Å². The molecule has 0 radical (unpaired) electrons. The minimum absolute atomic E-state index is 0.118. The Hall–Kier alpha value is -0.930. The number of ether oxygens (including phenoxy) is 1. The molecular weight excluding hydrogens is 260 g/mol. The first-order valence-electron chi connectivity index (χ1n) is 8.24. The van der Waals surface area contributed by atoms with Crippen LogP contribution in [0, 0.1) is 5.92 Å². The third-order valence-corrected chi connectivity index (χ3v) is 4.09. The van der Waals surface area contributed by atoms with Gasteiger partial charge in [0.1, 0.15) is 0 Å². The van der Waals surface area contributed by atoms with E-state index in [2.05, 4.69) is 56.2 Å². The molecule has 1 aromatic rings. The molecule has 3 nitrogen and oxygen atoms in total. The lowest BCUT2D eigenvalue weighted by Gasteiger charge is -2.26. The molecule has 21 heavy (non-hydrogen) atoms. The Labute approximate surface area is 129 Å². The number of hydrogen-bond donors (Lipinski definition) is 1. The van der Waals surface area contributed by atoms with Crippen molar-refractivity contribution >= 4 is 0 Å². The van der Waals surface area contributed by atoms with Crippen molar-refractivity contribution < 1.29 is 4.74 Å². The number of rotatable bonds is 5. The highest BCUT2D eigenvalue weighted by atomic mass is 16.5. The van der Waals surface area contributed by atoms with Gasteiger partial charge in [0, 0.05) is 12.1 Å². The third-order valence-electron chi connectivity index (χ3n) is 4.09. The molecule has 1 aliphatic carbocycles. The van der Waals surface area contributed by atoms with E-state index >= 15 is 0 Å².